The van der Waals surface area contributed by atoms with E-state index in [0.717, 1.165) is 45.4 Å². The van der Waals surface area contributed by atoms with Crippen molar-refractivity contribution in [1.82, 2.24) is 13.7 Å². The van der Waals surface area contributed by atoms with E-state index in [0.29, 0.717) is 10.9 Å². The fourth-order valence-electron chi connectivity index (χ4n) is 5.11. The van der Waals surface area contributed by atoms with Crippen LogP contribution in [0.4, 0.5) is 5.69 Å². The Balaban J connectivity index is 1.88. The predicted octanol–water partition coefficient (Wildman–Crippen LogP) is 4.42. The van der Waals surface area contributed by atoms with E-state index in [4.69, 9.17) is 4.42 Å². The molecule has 0 aliphatic carbocycles. The molecule has 0 bridgehead atoms. The Morgan fingerprint density at radius 3 is 2.44 bits per heavy atom. The molecule has 1 atom stereocenters. The summed E-state index contributed by atoms with van der Waals surface area (Å²) in [6.07, 6.45) is 0. The van der Waals surface area contributed by atoms with Gasteiger partial charge in [0.1, 0.15) is 17.6 Å². The van der Waals surface area contributed by atoms with Gasteiger partial charge in [0.2, 0.25) is 0 Å². The van der Waals surface area contributed by atoms with Gasteiger partial charge in [-0.05, 0) is 49.7 Å². The maximum Gasteiger partial charge on any atom is 0.331 e. The van der Waals surface area contributed by atoms with Gasteiger partial charge in [-0.3, -0.25) is 13.9 Å². The van der Waals surface area contributed by atoms with Crippen LogP contribution in [0, 0.1) is 13.8 Å². The van der Waals surface area contributed by atoms with E-state index in [-0.39, 0.29) is 17.3 Å². The normalized spacial score (nSPS) is 14.6. The number of hydrogen-bond donors (Lipinski definition) is 1. The first-order valence-corrected chi connectivity index (χ1v) is 11.2. The smallest absolute Gasteiger partial charge is 0.331 e. The number of anilines is 1. The summed E-state index contributed by atoms with van der Waals surface area (Å²) in [6.45, 7) is 3.94. The average Bonchev–Trinajstić information content (AvgIpc) is 3.43. The lowest BCUT2D eigenvalue weighted by atomic mass is 10.1. The number of aryl methyl sites for hydroxylation is 3. The molecule has 6 rings (SSSR count). The summed E-state index contributed by atoms with van der Waals surface area (Å²) >= 11 is 0. The Labute approximate surface area is 195 Å². The van der Waals surface area contributed by atoms with Gasteiger partial charge in [-0.2, -0.15) is 0 Å². The lowest BCUT2D eigenvalue weighted by molar-refractivity contribution is 0.469. The summed E-state index contributed by atoms with van der Waals surface area (Å²) in [7, 11) is 3.25. The third kappa shape index (κ3) is 2.70. The van der Waals surface area contributed by atoms with Crippen LogP contribution in [0.15, 0.2) is 74.7 Å². The minimum absolute atomic E-state index is 0.316. The molecule has 1 N–H and O–H groups in total. The monoisotopic (exact) mass is 452 g/mol. The molecule has 7 heteroatoms. The zero-order valence-electron chi connectivity index (χ0n) is 19.4. The van der Waals surface area contributed by atoms with Gasteiger partial charge >= 0.3 is 5.69 Å². The van der Waals surface area contributed by atoms with E-state index >= 15 is 0 Å². The topological polar surface area (TPSA) is 74.1 Å². The highest BCUT2D eigenvalue weighted by Gasteiger charge is 2.35. The van der Waals surface area contributed by atoms with Crippen molar-refractivity contribution in [2.24, 2.45) is 14.1 Å². The SMILES string of the molecule is Cc1cccc(-c2c3c(=O)n(C)c(=O)n(C)c3c3n2-c2ccccc2N[C@H]3c2ccc(C)o2)c1. The number of furan rings is 1. The Morgan fingerprint density at radius 1 is 0.912 bits per heavy atom. The largest absolute Gasteiger partial charge is 0.464 e. The van der Waals surface area contributed by atoms with Crippen LogP contribution in [0.25, 0.3) is 27.8 Å². The molecule has 1 aliphatic heterocycles. The molecule has 0 amide bonds. The van der Waals surface area contributed by atoms with Gasteiger partial charge in [0.25, 0.3) is 5.56 Å². The fourth-order valence-corrected chi connectivity index (χ4v) is 5.11. The van der Waals surface area contributed by atoms with E-state index in [1.54, 1.807) is 11.6 Å². The second-order valence-corrected chi connectivity index (χ2v) is 8.91. The fraction of sp³-hybridized carbons (Fsp3) is 0.185. The molecule has 4 heterocycles. The van der Waals surface area contributed by atoms with Crippen molar-refractivity contribution in [3.05, 3.63) is 104 Å². The molecule has 2 aromatic carbocycles. The quantitative estimate of drug-likeness (QED) is 0.430. The van der Waals surface area contributed by atoms with Crippen molar-refractivity contribution in [3.8, 4) is 16.9 Å². The van der Waals surface area contributed by atoms with Gasteiger partial charge in [-0.15, -0.1) is 0 Å². The first-order valence-electron chi connectivity index (χ1n) is 11.2. The summed E-state index contributed by atoms with van der Waals surface area (Å²) in [4.78, 5) is 26.7. The van der Waals surface area contributed by atoms with Gasteiger partial charge in [-0.1, -0.05) is 35.9 Å². The minimum atomic E-state index is -0.387. The number of nitrogens with one attached hydrogen (secondary N) is 1. The van der Waals surface area contributed by atoms with Crippen LogP contribution < -0.4 is 16.6 Å². The summed E-state index contributed by atoms with van der Waals surface area (Å²) in [5.41, 5.74) is 5.33. The number of para-hydroxylation sites is 2. The van der Waals surface area contributed by atoms with Crippen molar-refractivity contribution in [2.75, 3.05) is 5.32 Å². The maximum absolute atomic E-state index is 13.6. The van der Waals surface area contributed by atoms with Crippen LogP contribution in [-0.2, 0) is 14.1 Å². The molecule has 0 saturated heterocycles. The minimum Gasteiger partial charge on any atom is -0.464 e. The van der Waals surface area contributed by atoms with Crippen LogP contribution in [0.5, 0.6) is 0 Å². The van der Waals surface area contributed by atoms with E-state index < -0.39 is 0 Å². The molecular formula is C27H24N4O3. The van der Waals surface area contributed by atoms with Gasteiger partial charge in [0.15, 0.2) is 0 Å². The summed E-state index contributed by atoms with van der Waals surface area (Å²) < 4.78 is 10.9. The predicted molar refractivity (Wildman–Crippen MR) is 133 cm³/mol. The standard InChI is InChI=1S/C27H24N4O3/c1-15-8-7-9-17(14-15)23-21-24(29(3)27(33)30(4)26(21)32)25-22(20-13-12-16(2)34-20)28-18-10-5-6-11-19(18)31(23)25/h5-14,22,28H,1-4H3/t22-/m0/s1. The molecule has 0 spiro atoms. The van der Waals surface area contributed by atoms with E-state index in [1.807, 2.05) is 68.4 Å². The molecular weight excluding hydrogens is 428 g/mol. The van der Waals surface area contributed by atoms with Crippen molar-refractivity contribution >= 4 is 16.6 Å². The van der Waals surface area contributed by atoms with Gasteiger partial charge in [0, 0.05) is 14.1 Å². The first-order chi connectivity index (χ1) is 16.4. The second-order valence-electron chi connectivity index (χ2n) is 8.91. The molecule has 34 heavy (non-hydrogen) atoms. The molecule has 3 aromatic heterocycles. The van der Waals surface area contributed by atoms with Gasteiger partial charge < -0.3 is 14.3 Å². The molecule has 0 fully saturated rings. The zero-order valence-corrected chi connectivity index (χ0v) is 19.4. The highest BCUT2D eigenvalue weighted by atomic mass is 16.3. The Morgan fingerprint density at radius 2 is 1.71 bits per heavy atom. The molecule has 5 aromatic rings. The van der Waals surface area contributed by atoms with Crippen LogP contribution in [0.3, 0.4) is 0 Å². The van der Waals surface area contributed by atoms with Crippen LogP contribution in [-0.4, -0.2) is 13.7 Å². The summed E-state index contributed by atoms with van der Waals surface area (Å²) in [6, 6.07) is 19.6. The lowest BCUT2D eigenvalue weighted by Gasteiger charge is -2.29. The highest BCUT2D eigenvalue weighted by molar-refractivity contribution is 5.99. The average molecular weight is 453 g/mol. The van der Waals surface area contributed by atoms with E-state index in [9.17, 15) is 9.59 Å². The number of hydrogen-bond acceptors (Lipinski definition) is 4. The number of aromatic nitrogens is 3. The van der Waals surface area contributed by atoms with Crippen molar-refractivity contribution in [2.45, 2.75) is 19.9 Å². The summed E-state index contributed by atoms with van der Waals surface area (Å²) in [5, 5.41) is 4.10. The van der Waals surface area contributed by atoms with Crippen LogP contribution in [0.1, 0.15) is 28.8 Å². The number of nitrogens with zero attached hydrogens (tertiary/aromatic N) is 3. The molecule has 0 radical (unpaired) electrons. The third-order valence-electron chi connectivity index (χ3n) is 6.66. The maximum atomic E-state index is 13.6. The lowest BCUT2D eigenvalue weighted by Crippen LogP contribution is -2.37. The van der Waals surface area contributed by atoms with Gasteiger partial charge in [-0.25, -0.2) is 4.79 Å². The van der Waals surface area contributed by atoms with Crippen LogP contribution >= 0.6 is 0 Å². The summed E-state index contributed by atoms with van der Waals surface area (Å²) in [5.74, 6) is 1.51. The molecule has 1 aliphatic rings. The van der Waals surface area contributed by atoms with Crippen LogP contribution in [0.2, 0.25) is 0 Å². The Kier molecular flexibility index (Phi) is 4.26. The highest BCUT2D eigenvalue weighted by Crippen LogP contribution is 2.45. The first kappa shape index (κ1) is 20.4. The molecule has 0 unspecified atom stereocenters. The third-order valence-corrected chi connectivity index (χ3v) is 6.66. The van der Waals surface area contributed by atoms with Crippen molar-refractivity contribution in [3.63, 3.8) is 0 Å². The van der Waals surface area contributed by atoms with Crippen molar-refractivity contribution < 1.29 is 4.42 Å². The number of benzene rings is 2. The van der Waals surface area contributed by atoms with Crippen molar-refractivity contribution in [1.29, 1.82) is 0 Å². The number of rotatable bonds is 2. The Bertz CT molecular complexity index is 1730. The Hall–Kier alpha value is -4.26. The van der Waals surface area contributed by atoms with E-state index in [2.05, 4.69) is 16.0 Å². The zero-order chi connectivity index (χ0) is 23.7. The van der Waals surface area contributed by atoms with Gasteiger partial charge in [0.05, 0.1) is 33.7 Å². The second kappa shape index (κ2) is 7.12. The number of fused-ring (bicyclic) bond motifs is 5. The molecule has 0 saturated carbocycles. The molecule has 7 nitrogen and oxygen atoms in total. The van der Waals surface area contributed by atoms with E-state index in [1.165, 1.54) is 11.6 Å². The molecule has 170 valence electrons.